The Labute approximate surface area is 345 Å². The number of hydrogen-bond donors (Lipinski definition) is 0. The highest BCUT2D eigenvalue weighted by Gasteiger charge is 2.22. The zero-order valence-electron chi connectivity index (χ0n) is 31.3. The second-order valence-corrected chi connectivity index (χ2v) is 17.2. The highest BCUT2D eigenvalue weighted by Crippen LogP contribution is 2.45. The summed E-state index contributed by atoms with van der Waals surface area (Å²) in [6.45, 7) is 0. The molecule has 4 heterocycles. The second-order valence-electron chi connectivity index (χ2n) is 15.1. The first-order valence-corrected chi connectivity index (χ1v) is 21.3. The number of thiophene rings is 2. The summed E-state index contributed by atoms with van der Waals surface area (Å²) < 4.78 is 11.5. The van der Waals surface area contributed by atoms with E-state index in [1.165, 1.54) is 46.4 Å². The third kappa shape index (κ3) is 5.04. The minimum atomic E-state index is 0.611. The van der Waals surface area contributed by atoms with Crippen molar-refractivity contribution in [2.75, 3.05) is 0 Å². The van der Waals surface area contributed by atoms with Crippen molar-refractivity contribution >= 4 is 107 Å². The topological polar surface area (TPSA) is 51.8 Å². The highest BCUT2D eigenvalue weighted by molar-refractivity contribution is 7.27. The molecule has 0 saturated heterocycles. The number of rotatable bonds is 4. The summed E-state index contributed by atoms with van der Waals surface area (Å²) in [4.78, 5) is 16.2. The molecule has 274 valence electrons. The number of benzene rings is 9. The molecular weight excluding hydrogens is 759 g/mol. The van der Waals surface area contributed by atoms with Gasteiger partial charge in [0.25, 0.3) is 0 Å². The lowest BCUT2D eigenvalue weighted by Gasteiger charge is -2.13. The molecule has 9 aromatic carbocycles. The minimum Gasteiger partial charge on any atom is -0.455 e. The summed E-state index contributed by atoms with van der Waals surface area (Å²) in [6.07, 6.45) is 0. The maximum Gasteiger partial charge on any atom is 0.165 e. The summed E-state index contributed by atoms with van der Waals surface area (Å²) in [5.41, 5.74) is 6.77. The molecule has 4 aromatic heterocycles. The van der Waals surface area contributed by atoms with Crippen LogP contribution < -0.4 is 0 Å². The Morgan fingerprint density at radius 2 is 1.02 bits per heavy atom. The summed E-state index contributed by atoms with van der Waals surface area (Å²) in [5, 5.41) is 11.7. The Balaban J connectivity index is 1.10. The van der Waals surface area contributed by atoms with Gasteiger partial charge in [0.15, 0.2) is 17.5 Å². The average Bonchev–Trinajstić information content (AvgIpc) is 4.00. The van der Waals surface area contributed by atoms with Crippen LogP contribution in [0.5, 0.6) is 0 Å². The van der Waals surface area contributed by atoms with Gasteiger partial charge in [-0.1, -0.05) is 127 Å². The van der Waals surface area contributed by atoms with Crippen LogP contribution in [0, 0.1) is 0 Å². The van der Waals surface area contributed by atoms with Gasteiger partial charge in [-0.3, -0.25) is 0 Å². The molecule has 0 aliphatic heterocycles. The summed E-state index contributed by atoms with van der Waals surface area (Å²) in [6, 6.07) is 62.5. The van der Waals surface area contributed by atoms with Gasteiger partial charge in [0, 0.05) is 73.2 Å². The molecule has 13 rings (SSSR count). The van der Waals surface area contributed by atoms with Crippen molar-refractivity contribution in [1.29, 1.82) is 0 Å². The van der Waals surface area contributed by atoms with Gasteiger partial charge in [0.1, 0.15) is 11.2 Å². The van der Waals surface area contributed by atoms with E-state index in [0.29, 0.717) is 17.5 Å². The maximum atomic E-state index is 6.53. The van der Waals surface area contributed by atoms with Gasteiger partial charge in [-0.05, 0) is 75.8 Å². The van der Waals surface area contributed by atoms with Crippen molar-refractivity contribution in [3.63, 3.8) is 0 Å². The van der Waals surface area contributed by atoms with Gasteiger partial charge in [-0.25, -0.2) is 15.0 Å². The van der Waals surface area contributed by atoms with Gasteiger partial charge < -0.3 is 4.42 Å². The van der Waals surface area contributed by atoms with Crippen LogP contribution in [-0.4, -0.2) is 15.0 Å². The predicted molar refractivity (Wildman–Crippen MR) is 250 cm³/mol. The molecular formula is C53H29N3OS2. The van der Waals surface area contributed by atoms with Gasteiger partial charge in [-0.2, -0.15) is 0 Å². The van der Waals surface area contributed by atoms with Gasteiger partial charge >= 0.3 is 0 Å². The van der Waals surface area contributed by atoms with Crippen LogP contribution in [0.2, 0.25) is 0 Å². The molecule has 0 amide bonds. The molecule has 0 fully saturated rings. The van der Waals surface area contributed by atoms with Crippen LogP contribution >= 0.6 is 22.7 Å². The van der Waals surface area contributed by atoms with E-state index in [-0.39, 0.29) is 0 Å². The molecule has 0 unspecified atom stereocenters. The Hall–Kier alpha value is -7.25. The van der Waals surface area contributed by atoms with Crippen molar-refractivity contribution in [1.82, 2.24) is 15.0 Å². The minimum absolute atomic E-state index is 0.611. The Morgan fingerprint density at radius 3 is 1.88 bits per heavy atom. The average molecular weight is 788 g/mol. The van der Waals surface area contributed by atoms with E-state index in [9.17, 15) is 0 Å². The van der Waals surface area contributed by atoms with Crippen LogP contribution in [0.15, 0.2) is 180 Å². The van der Waals surface area contributed by atoms with Crippen LogP contribution in [0.1, 0.15) is 0 Å². The van der Waals surface area contributed by atoms with Crippen molar-refractivity contribution < 1.29 is 4.42 Å². The van der Waals surface area contributed by atoms with Gasteiger partial charge in [0.2, 0.25) is 0 Å². The molecule has 0 aliphatic rings. The fraction of sp³-hybridized carbons (Fsp3) is 0. The first-order valence-electron chi connectivity index (χ1n) is 19.7. The van der Waals surface area contributed by atoms with E-state index < -0.39 is 0 Å². The monoisotopic (exact) mass is 787 g/mol. The molecule has 0 N–H and O–H groups in total. The van der Waals surface area contributed by atoms with E-state index in [4.69, 9.17) is 19.4 Å². The first-order chi connectivity index (χ1) is 29.2. The Kier molecular flexibility index (Phi) is 7.02. The van der Waals surface area contributed by atoms with Crippen molar-refractivity contribution in [3.8, 4) is 45.3 Å². The SMILES string of the molecule is c1ccc(-c2cc3sc4ccccc4c3cc2-c2nc(-c3ccc4oc5c6ccccc6ccc5c4c3)nc(-c3cccc4c3sc3c5ccccc5ccc43)n2)cc1. The van der Waals surface area contributed by atoms with Crippen molar-refractivity contribution in [3.05, 3.63) is 176 Å². The second kappa shape index (κ2) is 12.6. The number of nitrogens with zero attached hydrogens (tertiary/aromatic N) is 3. The largest absolute Gasteiger partial charge is 0.455 e. The van der Waals surface area contributed by atoms with Crippen molar-refractivity contribution in [2.45, 2.75) is 0 Å². The van der Waals surface area contributed by atoms with Crippen molar-refractivity contribution in [2.24, 2.45) is 0 Å². The highest BCUT2D eigenvalue weighted by atomic mass is 32.1. The van der Waals surface area contributed by atoms with Crippen LogP contribution in [0.3, 0.4) is 0 Å². The lowest BCUT2D eigenvalue weighted by molar-refractivity contribution is 0.672. The fourth-order valence-electron chi connectivity index (χ4n) is 8.90. The molecule has 0 bridgehead atoms. The molecule has 4 nitrogen and oxygen atoms in total. The number of furan rings is 1. The lowest BCUT2D eigenvalue weighted by Crippen LogP contribution is -2.01. The van der Waals surface area contributed by atoms with E-state index >= 15 is 0 Å². The quantitative estimate of drug-likeness (QED) is 0.178. The molecule has 0 radical (unpaired) electrons. The normalized spacial score (nSPS) is 12.1. The van der Waals surface area contributed by atoms with Gasteiger partial charge in [0.05, 0.1) is 0 Å². The van der Waals surface area contributed by atoms with Crippen LogP contribution in [0.4, 0.5) is 0 Å². The molecule has 0 saturated carbocycles. The van der Waals surface area contributed by atoms with E-state index in [2.05, 4.69) is 176 Å². The molecule has 0 spiro atoms. The smallest absolute Gasteiger partial charge is 0.165 e. The summed E-state index contributed by atoms with van der Waals surface area (Å²) in [5.74, 6) is 1.89. The fourth-order valence-corrected chi connectivity index (χ4v) is 11.4. The molecule has 0 aliphatic carbocycles. The van der Waals surface area contributed by atoms with E-state index in [1.807, 2.05) is 22.7 Å². The maximum absolute atomic E-state index is 6.53. The Morgan fingerprint density at radius 1 is 0.339 bits per heavy atom. The van der Waals surface area contributed by atoms with Crippen LogP contribution in [-0.2, 0) is 0 Å². The summed E-state index contributed by atoms with van der Waals surface area (Å²) in [7, 11) is 0. The predicted octanol–water partition coefficient (Wildman–Crippen LogP) is 15.5. The standard InChI is InChI=1S/C53H29N3OS2/c1-2-11-30(12-3-1)41-29-47-43(36-17-8-9-20-46(36)58-47)28-44(41)53-55-51(33-23-26-45-42(27-33)37-24-21-31-13-4-6-15-34(31)48(37)57-45)54-52(56-53)40-19-10-18-38-39-25-22-32-14-5-7-16-35(32)49(39)59-50(38)40/h1-29H. The van der Waals surface area contributed by atoms with E-state index in [1.54, 1.807) is 0 Å². The third-order valence-electron chi connectivity index (χ3n) is 11.7. The molecule has 0 atom stereocenters. The first kappa shape index (κ1) is 32.8. The zero-order valence-corrected chi connectivity index (χ0v) is 32.9. The van der Waals surface area contributed by atoms with E-state index in [0.717, 1.165) is 65.2 Å². The van der Waals surface area contributed by atoms with Gasteiger partial charge in [-0.15, -0.1) is 22.7 Å². The number of fused-ring (bicyclic) bond motifs is 13. The number of hydrogen-bond acceptors (Lipinski definition) is 6. The van der Waals surface area contributed by atoms with Crippen LogP contribution in [0.25, 0.3) is 129 Å². The summed E-state index contributed by atoms with van der Waals surface area (Å²) >= 11 is 3.64. The third-order valence-corrected chi connectivity index (χ3v) is 14.1. The number of aromatic nitrogens is 3. The molecule has 6 heteroatoms. The zero-order chi connectivity index (χ0) is 38.6. The molecule has 13 aromatic rings. The molecule has 59 heavy (non-hydrogen) atoms. The Bertz CT molecular complexity index is 3860. The lowest BCUT2D eigenvalue weighted by atomic mass is 9.96.